The molecule has 4 atom stereocenters. The van der Waals surface area contributed by atoms with Gasteiger partial charge >= 0.3 is 5.97 Å². The summed E-state index contributed by atoms with van der Waals surface area (Å²) in [6, 6.07) is 18.4. The highest BCUT2D eigenvalue weighted by atomic mass is 16.6. The molecule has 0 heterocycles. The van der Waals surface area contributed by atoms with Crippen LogP contribution in [-0.4, -0.2) is 32.5 Å². The van der Waals surface area contributed by atoms with Crippen LogP contribution in [0, 0.1) is 28.6 Å². The smallest absolute Gasteiger partial charge is 0.314 e. The van der Waals surface area contributed by atoms with Gasteiger partial charge in [-0.25, -0.2) is 0 Å². The van der Waals surface area contributed by atoms with Crippen molar-refractivity contribution in [2.75, 3.05) is 20.3 Å². The van der Waals surface area contributed by atoms with Crippen molar-refractivity contribution in [1.82, 2.24) is 0 Å². The predicted molar refractivity (Wildman–Crippen MR) is 114 cm³/mol. The van der Waals surface area contributed by atoms with Crippen molar-refractivity contribution in [2.45, 2.75) is 20.0 Å². The quantitative estimate of drug-likeness (QED) is 0.242. The Morgan fingerprint density at radius 3 is 2.65 bits per heavy atom. The molecule has 0 N–H and O–H groups in total. The van der Waals surface area contributed by atoms with E-state index < -0.39 is 17.5 Å². The Labute approximate surface area is 182 Å². The van der Waals surface area contributed by atoms with Crippen molar-refractivity contribution < 1.29 is 23.8 Å². The monoisotopic (exact) mass is 422 g/mol. The lowest BCUT2D eigenvalue weighted by atomic mass is 10.1. The van der Waals surface area contributed by atoms with E-state index in [-0.39, 0.29) is 11.8 Å². The fourth-order valence-corrected chi connectivity index (χ4v) is 3.42. The Morgan fingerprint density at radius 1 is 1.19 bits per heavy atom. The summed E-state index contributed by atoms with van der Waals surface area (Å²) in [5.41, 5.74) is -0.198. The first-order chi connectivity index (χ1) is 15.0. The number of methoxy groups -OCH3 is 1. The summed E-state index contributed by atoms with van der Waals surface area (Å²) in [4.78, 5) is 18.0. The first-order valence-electron chi connectivity index (χ1n) is 10.1. The van der Waals surface area contributed by atoms with Crippen LogP contribution in [0.3, 0.4) is 0 Å². The van der Waals surface area contributed by atoms with Crippen molar-refractivity contribution in [3.05, 3.63) is 60.2 Å². The number of ether oxygens (including phenoxy) is 3. The van der Waals surface area contributed by atoms with E-state index >= 15 is 0 Å². The average molecular weight is 422 g/mol. The molecule has 1 saturated carbocycles. The molecule has 7 nitrogen and oxygen atoms in total. The standard InChI is InChI=1S/C24H26N2O5/c1-17-21(16-26-29-13-12-28-3)24(17,2)23(27)31-22(15-25)18-8-7-11-20(14-18)30-19-9-5-4-6-10-19/h4-11,14,16-17,21-22H,12-13H2,1-3H3/t17-,21+,22?,24+/m0/s1. The third kappa shape index (κ3) is 5.22. The largest absolute Gasteiger partial charge is 0.457 e. The van der Waals surface area contributed by atoms with E-state index in [1.807, 2.05) is 44.2 Å². The zero-order valence-electron chi connectivity index (χ0n) is 17.9. The number of benzene rings is 2. The summed E-state index contributed by atoms with van der Waals surface area (Å²) >= 11 is 0. The molecule has 0 spiro atoms. The zero-order chi connectivity index (χ0) is 22.3. The molecule has 1 aliphatic rings. The summed E-state index contributed by atoms with van der Waals surface area (Å²) in [5, 5.41) is 13.5. The van der Waals surface area contributed by atoms with Crippen LogP contribution in [0.5, 0.6) is 11.5 Å². The van der Waals surface area contributed by atoms with Gasteiger partial charge in [0.1, 0.15) is 24.2 Å². The van der Waals surface area contributed by atoms with Crippen molar-refractivity contribution in [3.8, 4) is 17.6 Å². The van der Waals surface area contributed by atoms with Gasteiger partial charge in [-0.2, -0.15) is 5.26 Å². The molecule has 0 aromatic heterocycles. The minimum Gasteiger partial charge on any atom is -0.457 e. The highest BCUT2D eigenvalue weighted by molar-refractivity contribution is 5.88. The molecule has 3 rings (SSSR count). The number of rotatable bonds is 10. The second kappa shape index (κ2) is 10.1. The van der Waals surface area contributed by atoms with Crippen LogP contribution in [0.15, 0.2) is 59.8 Å². The molecular weight excluding hydrogens is 396 g/mol. The number of carbonyl (C=O) groups is 1. The van der Waals surface area contributed by atoms with Crippen molar-refractivity contribution >= 4 is 12.2 Å². The number of carbonyl (C=O) groups excluding carboxylic acids is 1. The molecule has 1 unspecified atom stereocenters. The number of para-hydroxylation sites is 1. The number of esters is 1. The van der Waals surface area contributed by atoms with Gasteiger partial charge < -0.3 is 19.0 Å². The van der Waals surface area contributed by atoms with Crippen LogP contribution >= 0.6 is 0 Å². The Bertz CT molecular complexity index is 956. The maximum atomic E-state index is 12.9. The fraction of sp³-hybridized carbons (Fsp3) is 0.375. The summed E-state index contributed by atoms with van der Waals surface area (Å²) in [6.07, 6.45) is 0.587. The van der Waals surface area contributed by atoms with E-state index in [1.54, 1.807) is 37.6 Å². The van der Waals surface area contributed by atoms with Gasteiger partial charge in [0.15, 0.2) is 0 Å². The summed E-state index contributed by atoms with van der Waals surface area (Å²) < 4.78 is 16.3. The van der Waals surface area contributed by atoms with Gasteiger partial charge in [0.25, 0.3) is 0 Å². The molecule has 0 bridgehead atoms. The molecule has 2 aromatic carbocycles. The zero-order valence-corrected chi connectivity index (χ0v) is 17.9. The van der Waals surface area contributed by atoms with Gasteiger partial charge in [-0.15, -0.1) is 0 Å². The topological polar surface area (TPSA) is 90.1 Å². The van der Waals surface area contributed by atoms with E-state index in [1.165, 1.54) is 0 Å². The molecule has 0 amide bonds. The lowest BCUT2D eigenvalue weighted by molar-refractivity contribution is -0.153. The Kier molecular flexibility index (Phi) is 7.27. The lowest BCUT2D eigenvalue weighted by Crippen LogP contribution is -2.21. The normalized spacial score (nSPS) is 23.0. The second-order valence-corrected chi connectivity index (χ2v) is 7.58. The first-order valence-corrected chi connectivity index (χ1v) is 10.1. The fourth-order valence-electron chi connectivity index (χ4n) is 3.42. The molecule has 2 aromatic rings. The maximum absolute atomic E-state index is 12.9. The highest BCUT2D eigenvalue weighted by Gasteiger charge is 2.64. The minimum atomic E-state index is -1.04. The van der Waals surface area contributed by atoms with E-state index in [4.69, 9.17) is 19.0 Å². The average Bonchev–Trinajstić information content (AvgIpc) is 3.33. The predicted octanol–water partition coefficient (Wildman–Crippen LogP) is 4.51. The van der Waals surface area contributed by atoms with Crippen LogP contribution in [-0.2, 0) is 19.1 Å². The van der Waals surface area contributed by atoms with Gasteiger partial charge in [-0.05, 0) is 37.1 Å². The maximum Gasteiger partial charge on any atom is 0.314 e. The van der Waals surface area contributed by atoms with Crippen molar-refractivity contribution in [2.24, 2.45) is 22.4 Å². The Balaban J connectivity index is 1.64. The summed E-state index contributed by atoms with van der Waals surface area (Å²) in [7, 11) is 1.58. The number of oxime groups is 1. The molecule has 31 heavy (non-hydrogen) atoms. The third-order valence-electron chi connectivity index (χ3n) is 5.66. The Morgan fingerprint density at radius 2 is 1.94 bits per heavy atom. The molecule has 1 aliphatic carbocycles. The molecule has 0 saturated heterocycles. The van der Waals surface area contributed by atoms with Crippen LogP contribution in [0.4, 0.5) is 0 Å². The van der Waals surface area contributed by atoms with Gasteiger partial charge in [0.05, 0.1) is 12.0 Å². The first kappa shape index (κ1) is 22.3. The van der Waals surface area contributed by atoms with Gasteiger partial charge in [0, 0.05) is 24.8 Å². The van der Waals surface area contributed by atoms with Crippen LogP contribution < -0.4 is 4.74 Å². The summed E-state index contributed by atoms with van der Waals surface area (Å²) in [5.74, 6) is 0.717. The van der Waals surface area contributed by atoms with Gasteiger partial charge in [-0.3, -0.25) is 4.79 Å². The van der Waals surface area contributed by atoms with Gasteiger partial charge in [-0.1, -0.05) is 42.4 Å². The molecule has 1 fully saturated rings. The van der Waals surface area contributed by atoms with Crippen LogP contribution in [0.25, 0.3) is 0 Å². The van der Waals surface area contributed by atoms with E-state index in [0.29, 0.717) is 30.3 Å². The molecule has 0 radical (unpaired) electrons. The lowest BCUT2D eigenvalue weighted by Gasteiger charge is -2.16. The van der Waals surface area contributed by atoms with Crippen molar-refractivity contribution in [3.63, 3.8) is 0 Å². The summed E-state index contributed by atoms with van der Waals surface area (Å²) in [6.45, 7) is 4.54. The van der Waals surface area contributed by atoms with Crippen LogP contribution in [0.2, 0.25) is 0 Å². The number of nitriles is 1. The third-order valence-corrected chi connectivity index (χ3v) is 5.66. The molecule has 162 valence electrons. The minimum absolute atomic E-state index is 0.0295. The molecular formula is C24H26N2O5. The van der Waals surface area contributed by atoms with E-state index in [2.05, 4.69) is 11.2 Å². The van der Waals surface area contributed by atoms with E-state index in [9.17, 15) is 10.1 Å². The Hall–Kier alpha value is -3.37. The van der Waals surface area contributed by atoms with E-state index in [0.717, 1.165) is 0 Å². The van der Waals surface area contributed by atoms with Crippen LogP contribution in [0.1, 0.15) is 25.5 Å². The molecule has 0 aliphatic heterocycles. The van der Waals surface area contributed by atoms with Gasteiger partial charge in [0.2, 0.25) is 6.10 Å². The molecule has 7 heteroatoms. The SMILES string of the molecule is COCCON=C[C@@H]1[C@H](C)[C@@]1(C)C(=O)OC(C#N)c1cccc(Oc2ccccc2)c1. The number of hydrogen-bond donors (Lipinski definition) is 0. The number of hydrogen-bond acceptors (Lipinski definition) is 7. The van der Waals surface area contributed by atoms with Crippen molar-refractivity contribution in [1.29, 1.82) is 5.26 Å². The number of nitrogens with zero attached hydrogens (tertiary/aromatic N) is 2. The highest BCUT2D eigenvalue weighted by Crippen LogP contribution is 2.58. The second-order valence-electron chi connectivity index (χ2n) is 7.58.